The fourth-order valence-corrected chi connectivity index (χ4v) is 1.14. The summed E-state index contributed by atoms with van der Waals surface area (Å²) in [5.74, 6) is 0. The third-order valence-electron chi connectivity index (χ3n) is 1.86. The number of aliphatic hydroxyl groups excluding tert-OH is 2. The zero-order valence-electron chi connectivity index (χ0n) is 7.41. The largest absolute Gasteiger partial charge is 0.515 e. The molecule has 0 bridgehead atoms. The summed E-state index contributed by atoms with van der Waals surface area (Å²) in [6.45, 7) is 1.48. The molecule has 0 radical (unpaired) electrons. The van der Waals surface area contributed by atoms with Crippen molar-refractivity contribution in [2.24, 2.45) is 0 Å². The van der Waals surface area contributed by atoms with E-state index >= 15 is 0 Å². The number of hydrogen-bond donors (Lipinski definition) is 2. The van der Waals surface area contributed by atoms with Gasteiger partial charge in [0.05, 0.1) is 12.5 Å². The van der Waals surface area contributed by atoms with Crippen LogP contribution in [0.5, 0.6) is 0 Å². The summed E-state index contributed by atoms with van der Waals surface area (Å²) in [6, 6.07) is 2.43. The summed E-state index contributed by atoms with van der Waals surface area (Å²) < 4.78 is 24.5. The molecular weight excluding hydrogens is 192 g/mol. The Morgan fingerprint density at radius 1 is 1.14 bits per heavy atom. The van der Waals surface area contributed by atoms with Gasteiger partial charge in [0.1, 0.15) is 5.69 Å². The lowest BCUT2D eigenvalue weighted by Crippen LogP contribution is -2.26. The van der Waals surface area contributed by atoms with Crippen molar-refractivity contribution in [3.8, 4) is 0 Å². The van der Waals surface area contributed by atoms with Crippen LogP contribution in [-0.2, 0) is 0 Å². The van der Waals surface area contributed by atoms with E-state index in [1.165, 1.54) is 13.0 Å². The molecule has 0 aliphatic heterocycles. The minimum absolute atomic E-state index is 0.133. The normalized spacial score (nSPS) is 13.4. The molecule has 0 aliphatic rings. The molecule has 1 aromatic carbocycles. The summed E-state index contributed by atoms with van der Waals surface area (Å²) >= 11 is 0. The molecule has 0 aliphatic carbocycles. The number of rotatable bonds is 1. The van der Waals surface area contributed by atoms with Gasteiger partial charge in [-0.2, -0.15) is 0 Å². The van der Waals surface area contributed by atoms with Gasteiger partial charge in [0.15, 0.2) is 0 Å². The Balaban J connectivity index is 3.56. The molecule has 0 aromatic heterocycles. The monoisotopic (exact) mass is 201 g/mol. The van der Waals surface area contributed by atoms with Gasteiger partial charge in [-0.05, 0) is 30.0 Å². The zero-order valence-corrected chi connectivity index (χ0v) is 7.41. The quantitative estimate of drug-likeness (QED) is 0.670. The number of hydrogen-bond acceptors (Lipinski definition) is 3. The first-order chi connectivity index (χ1) is 6.60. The van der Waals surface area contributed by atoms with E-state index in [1.807, 2.05) is 0 Å². The smallest absolute Gasteiger partial charge is 0.109 e. The van der Waals surface area contributed by atoms with E-state index < -0.39 is 5.34 Å². The second kappa shape index (κ2) is 3.95. The predicted octanol–water partition coefficient (Wildman–Crippen LogP) is 1.16. The lowest BCUT2D eigenvalue weighted by molar-refractivity contribution is 0.234. The lowest BCUT2D eigenvalue weighted by Gasteiger charge is -2.05. The second-order valence-electron chi connectivity index (χ2n) is 2.76. The van der Waals surface area contributed by atoms with E-state index in [4.69, 9.17) is 10.2 Å². The Labute approximate surface area is 78.7 Å². The van der Waals surface area contributed by atoms with Crippen LogP contribution in [0.4, 0.5) is 14.6 Å². The van der Waals surface area contributed by atoms with E-state index in [2.05, 4.69) is 0 Å². The maximum absolute atomic E-state index is 12.2. The highest BCUT2D eigenvalue weighted by Gasteiger charge is 2.07. The standard InChI is InChI=1S/C9H9F2NO2/c1-6-2-7(4-13)8(5-14)3-9(6)12(10)11/h2-5,13-14H,1H3. The van der Waals surface area contributed by atoms with E-state index in [9.17, 15) is 8.96 Å². The molecule has 0 spiro atoms. The van der Waals surface area contributed by atoms with Gasteiger partial charge >= 0.3 is 0 Å². The topological polar surface area (TPSA) is 43.7 Å². The molecule has 0 amide bonds. The molecule has 0 unspecified atom stereocenters. The molecule has 76 valence electrons. The van der Waals surface area contributed by atoms with E-state index in [0.29, 0.717) is 11.8 Å². The van der Waals surface area contributed by atoms with Gasteiger partial charge in [-0.25, -0.2) is 0 Å². The van der Waals surface area contributed by atoms with Crippen LogP contribution in [-0.4, -0.2) is 10.2 Å². The Morgan fingerprint density at radius 3 is 2.07 bits per heavy atom. The molecule has 1 rings (SSSR count). The first-order valence-electron chi connectivity index (χ1n) is 3.81. The van der Waals surface area contributed by atoms with Crippen molar-refractivity contribution >= 4 is 18.2 Å². The highest BCUT2D eigenvalue weighted by atomic mass is 19.4. The molecule has 5 heteroatoms. The van der Waals surface area contributed by atoms with E-state index in [0.717, 1.165) is 12.3 Å². The third-order valence-corrected chi connectivity index (χ3v) is 1.86. The van der Waals surface area contributed by atoms with Crippen LogP contribution in [0.2, 0.25) is 0 Å². The Morgan fingerprint density at radius 2 is 1.64 bits per heavy atom. The van der Waals surface area contributed by atoms with Gasteiger partial charge < -0.3 is 10.2 Å². The van der Waals surface area contributed by atoms with Crippen LogP contribution >= 0.6 is 0 Å². The molecule has 3 nitrogen and oxygen atoms in total. The molecule has 0 fully saturated rings. The van der Waals surface area contributed by atoms with E-state index in [1.54, 1.807) is 0 Å². The summed E-state index contributed by atoms with van der Waals surface area (Å²) in [4.78, 5) is 0. The molecule has 0 atom stereocenters. The number of aryl methyl sites for hydroxylation is 1. The van der Waals surface area contributed by atoms with Crippen molar-refractivity contribution in [1.82, 2.24) is 0 Å². The number of halogens is 2. The second-order valence-corrected chi connectivity index (χ2v) is 2.76. The number of aliphatic hydroxyl groups is 2. The minimum Gasteiger partial charge on any atom is -0.515 e. The van der Waals surface area contributed by atoms with Crippen molar-refractivity contribution in [3.63, 3.8) is 0 Å². The first-order valence-corrected chi connectivity index (χ1v) is 3.81. The van der Waals surface area contributed by atoms with Crippen molar-refractivity contribution in [2.45, 2.75) is 6.92 Å². The summed E-state index contributed by atoms with van der Waals surface area (Å²) in [5.41, 5.74) is -0.00296. The van der Waals surface area contributed by atoms with Crippen molar-refractivity contribution < 1.29 is 19.2 Å². The van der Waals surface area contributed by atoms with Crippen LogP contribution in [0.15, 0.2) is 12.1 Å². The van der Waals surface area contributed by atoms with Crippen LogP contribution in [0.25, 0.3) is 12.5 Å². The van der Waals surface area contributed by atoms with Gasteiger partial charge in [0.2, 0.25) is 0 Å². The maximum atomic E-state index is 12.2. The molecule has 2 N–H and O–H groups in total. The average molecular weight is 201 g/mol. The van der Waals surface area contributed by atoms with Gasteiger partial charge in [-0.15, -0.1) is 0 Å². The Bertz CT molecular complexity index is 443. The number of nitrogens with zero attached hydrogens (tertiary/aromatic N) is 1. The van der Waals surface area contributed by atoms with Crippen LogP contribution in [0.1, 0.15) is 5.56 Å². The lowest BCUT2D eigenvalue weighted by atomic mass is 10.1. The SMILES string of the molecule is Cc1cc(=CO)c(=CO)cc1N(F)F. The zero-order chi connectivity index (χ0) is 10.7. The van der Waals surface area contributed by atoms with Gasteiger partial charge in [-0.3, -0.25) is 0 Å². The van der Waals surface area contributed by atoms with Crippen LogP contribution in [0, 0.1) is 6.92 Å². The molecule has 0 saturated heterocycles. The fourth-order valence-electron chi connectivity index (χ4n) is 1.14. The van der Waals surface area contributed by atoms with Crippen LogP contribution in [0.3, 0.4) is 0 Å². The molecular formula is C9H9F2NO2. The summed E-state index contributed by atoms with van der Waals surface area (Å²) in [6.07, 6.45) is 1.41. The fraction of sp³-hybridized carbons (Fsp3) is 0.111. The van der Waals surface area contributed by atoms with Gasteiger partial charge in [-0.1, -0.05) is 8.96 Å². The minimum atomic E-state index is -1.04. The van der Waals surface area contributed by atoms with Crippen molar-refractivity contribution in [1.29, 1.82) is 0 Å². The van der Waals surface area contributed by atoms with Gasteiger partial charge in [0.25, 0.3) is 0 Å². The van der Waals surface area contributed by atoms with E-state index in [-0.39, 0.29) is 16.1 Å². The third kappa shape index (κ3) is 1.76. The summed E-state index contributed by atoms with van der Waals surface area (Å²) in [5, 5.41) is 16.9. The highest BCUT2D eigenvalue weighted by molar-refractivity contribution is 5.51. The van der Waals surface area contributed by atoms with Crippen LogP contribution < -0.4 is 15.8 Å². The van der Waals surface area contributed by atoms with Crippen molar-refractivity contribution in [2.75, 3.05) is 5.34 Å². The highest BCUT2D eigenvalue weighted by Crippen LogP contribution is 2.16. The Hall–Kier alpha value is -1.78. The maximum Gasteiger partial charge on any atom is 0.109 e. The molecule has 14 heavy (non-hydrogen) atoms. The molecule has 1 aromatic rings. The Kier molecular flexibility index (Phi) is 2.91. The summed E-state index contributed by atoms with van der Waals surface area (Å²) in [7, 11) is 0. The number of anilines is 1. The molecule has 0 saturated carbocycles. The first kappa shape index (κ1) is 10.3. The predicted molar refractivity (Wildman–Crippen MR) is 49.3 cm³/mol. The van der Waals surface area contributed by atoms with Gasteiger partial charge in [0, 0.05) is 10.4 Å². The number of benzene rings is 1. The molecule has 0 heterocycles. The van der Waals surface area contributed by atoms with Crippen molar-refractivity contribution in [3.05, 3.63) is 28.1 Å². The average Bonchev–Trinajstić information content (AvgIpc) is 2.16.